The van der Waals surface area contributed by atoms with E-state index in [1.165, 1.54) is 23.4 Å². The summed E-state index contributed by atoms with van der Waals surface area (Å²) in [5.41, 5.74) is 2.36. The molecule has 3 rings (SSSR count). The van der Waals surface area contributed by atoms with Crippen LogP contribution in [0, 0.1) is 0 Å². The number of nitrogens with zero attached hydrogens (tertiary/aromatic N) is 1. The molecule has 4 heteroatoms. The van der Waals surface area contributed by atoms with Gasteiger partial charge in [0.2, 0.25) is 0 Å². The number of fused-ring (bicyclic) bond motifs is 1. The standard InChI is InChI=1S/C15H18N2OS/c1-16-11-7-5-8-12-14(11)19-15(17-12)10-6-3-4-9-13(10)18-2/h3-4,6,9,11,16H,5,7-8H2,1-2H3. The number of hydrogen-bond acceptors (Lipinski definition) is 4. The van der Waals surface area contributed by atoms with Crippen LogP contribution in [0.1, 0.15) is 29.5 Å². The number of para-hydroxylation sites is 1. The average molecular weight is 274 g/mol. The topological polar surface area (TPSA) is 34.2 Å². The van der Waals surface area contributed by atoms with Crippen LogP contribution in [-0.4, -0.2) is 19.1 Å². The lowest BCUT2D eigenvalue weighted by Gasteiger charge is -2.19. The fraction of sp³-hybridized carbons (Fsp3) is 0.400. The molecule has 0 spiro atoms. The first-order chi connectivity index (χ1) is 9.33. The molecule has 1 aliphatic rings. The lowest BCUT2D eigenvalue weighted by molar-refractivity contribution is 0.416. The smallest absolute Gasteiger partial charge is 0.129 e. The number of rotatable bonds is 3. The van der Waals surface area contributed by atoms with Gasteiger partial charge in [-0.1, -0.05) is 12.1 Å². The van der Waals surface area contributed by atoms with Gasteiger partial charge in [0.05, 0.1) is 18.4 Å². The Labute approximate surface area is 117 Å². The van der Waals surface area contributed by atoms with Gasteiger partial charge in [-0.15, -0.1) is 11.3 Å². The summed E-state index contributed by atoms with van der Waals surface area (Å²) in [6, 6.07) is 8.56. The monoisotopic (exact) mass is 274 g/mol. The molecule has 0 amide bonds. The van der Waals surface area contributed by atoms with Gasteiger partial charge in [0, 0.05) is 10.9 Å². The van der Waals surface area contributed by atoms with E-state index in [4.69, 9.17) is 9.72 Å². The molecule has 1 aliphatic carbocycles. The number of ether oxygens (including phenoxy) is 1. The van der Waals surface area contributed by atoms with Crippen LogP contribution in [-0.2, 0) is 6.42 Å². The van der Waals surface area contributed by atoms with Gasteiger partial charge in [-0.2, -0.15) is 0 Å². The molecule has 0 aliphatic heterocycles. The first kappa shape index (κ1) is 12.6. The summed E-state index contributed by atoms with van der Waals surface area (Å²) in [6.07, 6.45) is 3.52. The van der Waals surface area contributed by atoms with E-state index in [2.05, 4.69) is 11.4 Å². The zero-order valence-corrected chi connectivity index (χ0v) is 12.1. The van der Waals surface area contributed by atoms with Crippen LogP contribution < -0.4 is 10.1 Å². The molecule has 1 heterocycles. The lowest BCUT2D eigenvalue weighted by atomic mass is 9.98. The molecule has 0 saturated carbocycles. The molecule has 1 aromatic carbocycles. The summed E-state index contributed by atoms with van der Waals surface area (Å²) >= 11 is 1.80. The predicted octanol–water partition coefficient (Wildman–Crippen LogP) is 3.42. The normalized spacial score (nSPS) is 18.1. The third-order valence-electron chi connectivity index (χ3n) is 3.64. The van der Waals surface area contributed by atoms with Crippen molar-refractivity contribution >= 4 is 11.3 Å². The van der Waals surface area contributed by atoms with Crippen molar-refractivity contribution in [3.8, 4) is 16.3 Å². The molecule has 0 saturated heterocycles. The number of hydrogen-bond donors (Lipinski definition) is 1. The van der Waals surface area contributed by atoms with E-state index in [1.807, 2.05) is 25.2 Å². The summed E-state index contributed by atoms with van der Waals surface area (Å²) in [5.74, 6) is 0.898. The van der Waals surface area contributed by atoms with Gasteiger partial charge in [0.25, 0.3) is 0 Å². The Kier molecular flexibility index (Phi) is 3.53. The second-order valence-corrected chi connectivity index (χ2v) is 5.79. The van der Waals surface area contributed by atoms with Gasteiger partial charge >= 0.3 is 0 Å². The average Bonchev–Trinajstić information content (AvgIpc) is 2.90. The minimum Gasteiger partial charge on any atom is -0.496 e. The van der Waals surface area contributed by atoms with Gasteiger partial charge in [-0.25, -0.2) is 4.98 Å². The van der Waals surface area contributed by atoms with Crippen molar-refractivity contribution in [2.45, 2.75) is 25.3 Å². The SMILES string of the molecule is CNC1CCCc2nc(-c3ccccc3OC)sc21. The molecule has 1 unspecified atom stereocenters. The van der Waals surface area contributed by atoms with Crippen LogP contribution in [0.25, 0.3) is 10.6 Å². The minimum atomic E-state index is 0.463. The largest absolute Gasteiger partial charge is 0.496 e. The van der Waals surface area contributed by atoms with Crippen LogP contribution in [0.2, 0.25) is 0 Å². The van der Waals surface area contributed by atoms with Crippen molar-refractivity contribution < 1.29 is 4.74 Å². The molecule has 1 atom stereocenters. The van der Waals surface area contributed by atoms with Crippen LogP contribution in [0.5, 0.6) is 5.75 Å². The molecule has 1 N–H and O–H groups in total. The molecule has 0 fully saturated rings. The maximum absolute atomic E-state index is 5.44. The minimum absolute atomic E-state index is 0.463. The van der Waals surface area contributed by atoms with Crippen LogP contribution >= 0.6 is 11.3 Å². The molecule has 19 heavy (non-hydrogen) atoms. The molecule has 3 nitrogen and oxygen atoms in total. The van der Waals surface area contributed by atoms with E-state index in [1.54, 1.807) is 18.4 Å². The highest BCUT2D eigenvalue weighted by Crippen LogP contribution is 2.40. The maximum Gasteiger partial charge on any atom is 0.129 e. The van der Waals surface area contributed by atoms with Crippen LogP contribution in [0.15, 0.2) is 24.3 Å². The fourth-order valence-electron chi connectivity index (χ4n) is 2.63. The van der Waals surface area contributed by atoms with E-state index in [0.717, 1.165) is 22.7 Å². The molecule has 0 radical (unpaired) electrons. The van der Waals surface area contributed by atoms with E-state index >= 15 is 0 Å². The van der Waals surface area contributed by atoms with Crippen molar-refractivity contribution in [3.63, 3.8) is 0 Å². The number of nitrogens with one attached hydrogen (secondary N) is 1. The third kappa shape index (κ3) is 2.26. The Morgan fingerprint density at radius 2 is 2.21 bits per heavy atom. The van der Waals surface area contributed by atoms with E-state index in [9.17, 15) is 0 Å². The number of aromatic nitrogens is 1. The van der Waals surface area contributed by atoms with Gasteiger partial charge < -0.3 is 10.1 Å². The highest BCUT2D eigenvalue weighted by Gasteiger charge is 2.24. The number of benzene rings is 1. The van der Waals surface area contributed by atoms with Crippen molar-refractivity contribution in [1.29, 1.82) is 0 Å². The molecular weight excluding hydrogens is 256 g/mol. The first-order valence-corrected chi connectivity index (χ1v) is 7.45. The van der Waals surface area contributed by atoms with E-state index in [0.29, 0.717) is 6.04 Å². The molecule has 1 aromatic heterocycles. The Morgan fingerprint density at radius 3 is 3.00 bits per heavy atom. The highest BCUT2D eigenvalue weighted by molar-refractivity contribution is 7.15. The molecule has 100 valence electrons. The van der Waals surface area contributed by atoms with Crippen LogP contribution in [0.3, 0.4) is 0 Å². The van der Waals surface area contributed by atoms with Gasteiger partial charge in [-0.3, -0.25) is 0 Å². The Hall–Kier alpha value is -1.39. The Bertz CT molecular complexity index is 579. The maximum atomic E-state index is 5.44. The van der Waals surface area contributed by atoms with E-state index < -0.39 is 0 Å². The van der Waals surface area contributed by atoms with Gasteiger partial charge in [0.1, 0.15) is 10.8 Å². The summed E-state index contributed by atoms with van der Waals surface area (Å²) < 4.78 is 5.44. The molecular formula is C15H18N2OS. The number of thiazole rings is 1. The summed E-state index contributed by atoms with van der Waals surface area (Å²) in [5, 5.41) is 4.47. The highest BCUT2D eigenvalue weighted by atomic mass is 32.1. The second kappa shape index (κ2) is 5.31. The van der Waals surface area contributed by atoms with Gasteiger partial charge in [0.15, 0.2) is 0 Å². The lowest BCUT2D eigenvalue weighted by Crippen LogP contribution is -2.19. The molecule has 2 aromatic rings. The summed E-state index contributed by atoms with van der Waals surface area (Å²) in [4.78, 5) is 6.22. The van der Waals surface area contributed by atoms with Crippen molar-refractivity contribution in [2.75, 3.05) is 14.2 Å². The Morgan fingerprint density at radius 1 is 1.37 bits per heavy atom. The second-order valence-electron chi connectivity index (χ2n) is 4.76. The summed E-state index contributed by atoms with van der Waals surface area (Å²) in [6.45, 7) is 0. The summed E-state index contributed by atoms with van der Waals surface area (Å²) in [7, 11) is 3.74. The quantitative estimate of drug-likeness (QED) is 0.931. The van der Waals surface area contributed by atoms with E-state index in [-0.39, 0.29) is 0 Å². The first-order valence-electron chi connectivity index (χ1n) is 6.63. The number of aryl methyl sites for hydroxylation is 1. The van der Waals surface area contributed by atoms with Gasteiger partial charge in [-0.05, 0) is 38.4 Å². The third-order valence-corrected chi connectivity index (χ3v) is 4.88. The van der Waals surface area contributed by atoms with Crippen molar-refractivity contribution in [1.82, 2.24) is 10.3 Å². The Balaban J connectivity index is 2.05. The fourth-order valence-corrected chi connectivity index (χ4v) is 3.92. The van der Waals surface area contributed by atoms with Crippen LogP contribution in [0.4, 0.5) is 0 Å². The number of methoxy groups -OCH3 is 1. The zero-order valence-electron chi connectivity index (χ0n) is 11.3. The zero-order chi connectivity index (χ0) is 13.2. The predicted molar refractivity (Wildman–Crippen MR) is 78.8 cm³/mol. The van der Waals surface area contributed by atoms with Crippen molar-refractivity contribution in [2.24, 2.45) is 0 Å². The van der Waals surface area contributed by atoms with Crippen molar-refractivity contribution in [3.05, 3.63) is 34.8 Å². The molecule has 0 bridgehead atoms.